The lowest BCUT2D eigenvalue weighted by Crippen LogP contribution is -1.99. The van der Waals surface area contributed by atoms with Crippen LogP contribution in [0.15, 0.2) is 84.9 Å². The maximum Gasteiger partial charge on any atom is 0.0406 e. The van der Waals surface area contributed by atoms with Crippen LogP contribution in [-0.4, -0.2) is 0 Å². The third-order valence-corrected chi connectivity index (χ3v) is 5.24. The first-order valence-corrected chi connectivity index (χ1v) is 9.43. The molecule has 4 aromatic carbocycles. The summed E-state index contributed by atoms with van der Waals surface area (Å²) in [5.41, 5.74) is 5.26. The Morgan fingerprint density at radius 2 is 1.12 bits per heavy atom. The molecule has 0 unspecified atom stereocenters. The van der Waals surface area contributed by atoms with Gasteiger partial charge in [0.25, 0.3) is 0 Å². The van der Waals surface area contributed by atoms with Crippen LogP contribution in [-0.2, 0) is 12.8 Å². The molecule has 0 radical (unpaired) electrons. The van der Waals surface area contributed by atoms with Gasteiger partial charge in [0.05, 0.1) is 0 Å². The van der Waals surface area contributed by atoms with Gasteiger partial charge in [-0.25, -0.2) is 0 Å². The first kappa shape index (κ1) is 17.1. The number of halogens is 2. The molecule has 4 aromatic rings. The van der Waals surface area contributed by atoms with Gasteiger partial charge in [0.15, 0.2) is 0 Å². The van der Waals surface area contributed by atoms with Gasteiger partial charge in [-0.3, -0.25) is 0 Å². The van der Waals surface area contributed by atoms with E-state index >= 15 is 0 Å². The Morgan fingerprint density at radius 3 is 1.77 bits per heavy atom. The van der Waals surface area contributed by atoms with Crippen molar-refractivity contribution in [3.05, 3.63) is 117 Å². The van der Waals surface area contributed by atoms with E-state index in [4.69, 9.17) is 23.2 Å². The third-order valence-electron chi connectivity index (χ3n) is 4.74. The molecule has 0 aromatic heterocycles. The van der Waals surface area contributed by atoms with E-state index in [1.807, 2.05) is 24.3 Å². The fourth-order valence-corrected chi connectivity index (χ4v) is 3.64. The van der Waals surface area contributed by atoms with Crippen LogP contribution in [0.5, 0.6) is 0 Å². The normalized spacial score (nSPS) is 11.0. The number of hydrogen-bond acceptors (Lipinski definition) is 0. The van der Waals surface area contributed by atoms with Crippen molar-refractivity contribution < 1.29 is 0 Å². The average Bonchev–Trinajstić information content (AvgIpc) is 2.67. The molecule has 0 nitrogen and oxygen atoms in total. The molecule has 0 saturated heterocycles. The molecule has 0 fully saturated rings. The SMILES string of the molecule is Clc1ccc(Cc2ccc3ccccc3c2Cc2ccc(Cl)cc2)cc1. The van der Waals surface area contributed by atoms with Gasteiger partial charge in [0.2, 0.25) is 0 Å². The summed E-state index contributed by atoms with van der Waals surface area (Å²) in [5.74, 6) is 0. The molecule has 0 spiro atoms. The molecule has 0 N–H and O–H groups in total. The van der Waals surface area contributed by atoms with Gasteiger partial charge in [-0.05, 0) is 70.1 Å². The summed E-state index contributed by atoms with van der Waals surface area (Å²) in [4.78, 5) is 0. The standard InChI is InChI=1S/C24H18Cl2/c25-21-11-5-17(6-12-21)15-20-10-9-19-3-1-2-4-23(19)24(20)16-18-7-13-22(26)14-8-18/h1-14H,15-16H2. The minimum atomic E-state index is 0.771. The summed E-state index contributed by atoms with van der Waals surface area (Å²) in [5, 5.41) is 4.13. The predicted molar refractivity (Wildman–Crippen MR) is 112 cm³/mol. The molecule has 0 atom stereocenters. The molecule has 4 rings (SSSR count). The zero-order valence-electron chi connectivity index (χ0n) is 14.3. The molecule has 0 bridgehead atoms. The van der Waals surface area contributed by atoms with Gasteiger partial charge in [0.1, 0.15) is 0 Å². The molecule has 0 heterocycles. The lowest BCUT2D eigenvalue weighted by molar-refractivity contribution is 1.11. The zero-order chi connectivity index (χ0) is 17.9. The minimum Gasteiger partial charge on any atom is -0.0843 e. The number of hydrogen-bond donors (Lipinski definition) is 0. The molecule has 0 aliphatic rings. The topological polar surface area (TPSA) is 0 Å². The zero-order valence-corrected chi connectivity index (χ0v) is 15.8. The fourth-order valence-electron chi connectivity index (χ4n) is 3.38. The van der Waals surface area contributed by atoms with Gasteiger partial charge >= 0.3 is 0 Å². The van der Waals surface area contributed by atoms with Crippen molar-refractivity contribution in [2.75, 3.05) is 0 Å². The number of benzene rings is 4. The first-order chi connectivity index (χ1) is 12.7. The third kappa shape index (κ3) is 3.77. The summed E-state index contributed by atoms with van der Waals surface area (Å²) < 4.78 is 0. The molecule has 0 saturated carbocycles. The lowest BCUT2D eigenvalue weighted by atomic mass is 9.90. The van der Waals surface area contributed by atoms with Crippen LogP contribution in [0.2, 0.25) is 10.0 Å². The van der Waals surface area contributed by atoms with E-state index in [-0.39, 0.29) is 0 Å². The lowest BCUT2D eigenvalue weighted by Gasteiger charge is -2.14. The van der Waals surface area contributed by atoms with Crippen molar-refractivity contribution in [1.82, 2.24) is 0 Å². The smallest absolute Gasteiger partial charge is 0.0406 e. The Morgan fingerprint density at radius 1 is 0.538 bits per heavy atom. The fraction of sp³-hybridized carbons (Fsp3) is 0.0833. The highest BCUT2D eigenvalue weighted by molar-refractivity contribution is 6.30. The molecular weight excluding hydrogens is 359 g/mol. The van der Waals surface area contributed by atoms with Crippen LogP contribution in [0.25, 0.3) is 10.8 Å². The van der Waals surface area contributed by atoms with Crippen molar-refractivity contribution in [2.45, 2.75) is 12.8 Å². The van der Waals surface area contributed by atoms with E-state index in [9.17, 15) is 0 Å². The quantitative estimate of drug-likeness (QED) is 0.349. The Labute approximate surface area is 164 Å². The van der Waals surface area contributed by atoms with Crippen LogP contribution >= 0.6 is 23.2 Å². The highest BCUT2D eigenvalue weighted by atomic mass is 35.5. The van der Waals surface area contributed by atoms with Gasteiger partial charge in [-0.2, -0.15) is 0 Å². The second-order valence-electron chi connectivity index (χ2n) is 6.53. The van der Waals surface area contributed by atoms with Crippen molar-refractivity contribution >= 4 is 34.0 Å². The van der Waals surface area contributed by atoms with Crippen molar-refractivity contribution in [3.8, 4) is 0 Å². The monoisotopic (exact) mass is 376 g/mol. The maximum atomic E-state index is 6.05. The van der Waals surface area contributed by atoms with E-state index in [1.54, 1.807) is 0 Å². The maximum absolute atomic E-state index is 6.05. The van der Waals surface area contributed by atoms with E-state index in [2.05, 4.69) is 60.7 Å². The number of fused-ring (bicyclic) bond motifs is 1. The highest BCUT2D eigenvalue weighted by Gasteiger charge is 2.10. The van der Waals surface area contributed by atoms with Crippen LogP contribution in [0.4, 0.5) is 0 Å². The van der Waals surface area contributed by atoms with Crippen LogP contribution < -0.4 is 0 Å². The Balaban J connectivity index is 1.78. The van der Waals surface area contributed by atoms with Crippen LogP contribution in [0.3, 0.4) is 0 Å². The summed E-state index contributed by atoms with van der Waals surface area (Å²) in [7, 11) is 0. The van der Waals surface area contributed by atoms with Crippen molar-refractivity contribution in [3.63, 3.8) is 0 Å². The summed E-state index contributed by atoms with van der Waals surface area (Å²) in [6.07, 6.45) is 1.78. The molecule has 0 aliphatic heterocycles. The van der Waals surface area contributed by atoms with Gasteiger partial charge in [-0.1, -0.05) is 83.9 Å². The van der Waals surface area contributed by atoms with Crippen LogP contribution in [0.1, 0.15) is 22.3 Å². The predicted octanol–water partition coefficient (Wildman–Crippen LogP) is 7.33. The van der Waals surface area contributed by atoms with Crippen molar-refractivity contribution in [2.24, 2.45) is 0 Å². The van der Waals surface area contributed by atoms with Gasteiger partial charge < -0.3 is 0 Å². The Bertz CT molecular complexity index is 1030. The minimum absolute atomic E-state index is 0.771. The summed E-state index contributed by atoms with van der Waals surface area (Å²) in [6, 6.07) is 29.3. The summed E-state index contributed by atoms with van der Waals surface area (Å²) in [6.45, 7) is 0. The largest absolute Gasteiger partial charge is 0.0843 e. The Hall–Kier alpha value is -2.28. The first-order valence-electron chi connectivity index (χ1n) is 8.67. The molecule has 128 valence electrons. The average molecular weight is 377 g/mol. The molecule has 2 heteroatoms. The summed E-state index contributed by atoms with van der Waals surface area (Å²) >= 11 is 12.1. The van der Waals surface area contributed by atoms with E-state index in [1.165, 1.54) is 33.0 Å². The van der Waals surface area contributed by atoms with Gasteiger partial charge in [0, 0.05) is 10.0 Å². The Kier molecular flexibility index (Phi) is 4.97. The molecular formula is C24H18Cl2. The molecule has 0 aliphatic carbocycles. The second kappa shape index (κ2) is 7.53. The molecule has 26 heavy (non-hydrogen) atoms. The molecule has 0 amide bonds. The number of rotatable bonds is 4. The van der Waals surface area contributed by atoms with E-state index < -0.39 is 0 Å². The van der Waals surface area contributed by atoms with E-state index in [0.29, 0.717) is 0 Å². The van der Waals surface area contributed by atoms with Crippen molar-refractivity contribution in [1.29, 1.82) is 0 Å². The highest BCUT2D eigenvalue weighted by Crippen LogP contribution is 2.27. The van der Waals surface area contributed by atoms with E-state index in [0.717, 1.165) is 22.9 Å². The van der Waals surface area contributed by atoms with Crippen LogP contribution in [0, 0.1) is 0 Å². The second-order valence-corrected chi connectivity index (χ2v) is 7.40. The van der Waals surface area contributed by atoms with Gasteiger partial charge in [-0.15, -0.1) is 0 Å².